The maximum atomic E-state index is 12.5. The number of benzene rings is 1. The van der Waals surface area contributed by atoms with Gasteiger partial charge in [0.15, 0.2) is 0 Å². The van der Waals surface area contributed by atoms with Crippen molar-refractivity contribution >= 4 is 34.2 Å². The molecule has 1 N–H and O–H groups in total. The van der Waals surface area contributed by atoms with E-state index in [0.29, 0.717) is 11.6 Å². The van der Waals surface area contributed by atoms with Crippen molar-refractivity contribution < 1.29 is 9.53 Å². The van der Waals surface area contributed by atoms with Gasteiger partial charge in [-0.15, -0.1) is 12.4 Å². The van der Waals surface area contributed by atoms with Crippen LogP contribution in [0.15, 0.2) is 22.7 Å². The molecule has 0 radical (unpaired) electrons. The minimum atomic E-state index is 0. The van der Waals surface area contributed by atoms with Crippen molar-refractivity contribution in [2.24, 2.45) is 0 Å². The highest BCUT2D eigenvalue weighted by molar-refractivity contribution is 9.10. The van der Waals surface area contributed by atoms with Gasteiger partial charge in [0.1, 0.15) is 5.75 Å². The summed E-state index contributed by atoms with van der Waals surface area (Å²) in [6.45, 7) is 5.74. The maximum Gasteiger partial charge on any atom is 0.254 e. The summed E-state index contributed by atoms with van der Waals surface area (Å²) in [5, 5.41) is 3.37. The molecule has 20 heavy (non-hydrogen) atoms. The lowest BCUT2D eigenvalue weighted by Crippen LogP contribution is -2.56. The predicted octanol–water partition coefficient (Wildman–Crippen LogP) is 2.70. The first-order valence-corrected chi connectivity index (χ1v) is 7.20. The monoisotopic (exact) mass is 362 g/mol. The Labute approximate surface area is 134 Å². The molecular formula is C14H20BrClN2O2. The molecule has 1 saturated heterocycles. The molecular weight excluding hydrogens is 344 g/mol. The summed E-state index contributed by atoms with van der Waals surface area (Å²) in [4.78, 5) is 14.5. The Bertz CT molecular complexity index is 484. The van der Waals surface area contributed by atoms with Gasteiger partial charge in [-0.05, 0) is 48.0 Å². The third-order valence-corrected chi connectivity index (χ3v) is 4.04. The fourth-order valence-corrected chi connectivity index (χ4v) is 2.81. The van der Waals surface area contributed by atoms with Gasteiger partial charge in [-0.25, -0.2) is 0 Å². The molecule has 2 atom stereocenters. The summed E-state index contributed by atoms with van der Waals surface area (Å²) in [5.74, 6) is 0.808. The topological polar surface area (TPSA) is 41.6 Å². The quantitative estimate of drug-likeness (QED) is 0.878. The van der Waals surface area contributed by atoms with E-state index in [1.807, 2.05) is 23.1 Å². The van der Waals surface area contributed by atoms with E-state index < -0.39 is 0 Å². The Kier molecular flexibility index (Phi) is 6.30. The van der Waals surface area contributed by atoms with Gasteiger partial charge in [-0.3, -0.25) is 4.79 Å². The lowest BCUT2D eigenvalue weighted by molar-refractivity contribution is 0.0616. The first-order chi connectivity index (χ1) is 9.02. The maximum absolute atomic E-state index is 12.5. The largest absolute Gasteiger partial charge is 0.496 e. The predicted molar refractivity (Wildman–Crippen MR) is 85.9 cm³/mol. The molecule has 0 aromatic heterocycles. The molecule has 1 aromatic carbocycles. The van der Waals surface area contributed by atoms with Crippen LogP contribution in [0.3, 0.4) is 0 Å². The summed E-state index contributed by atoms with van der Waals surface area (Å²) in [6.07, 6.45) is 0. The second-order valence-corrected chi connectivity index (χ2v) is 5.82. The number of nitrogens with zero attached hydrogens (tertiary/aromatic N) is 1. The van der Waals surface area contributed by atoms with Crippen LogP contribution in [0.25, 0.3) is 0 Å². The van der Waals surface area contributed by atoms with Crippen LogP contribution in [0, 0.1) is 0 Å². The van der Waals surface area contributed by atoms with Gasteiger partial charge in [0.25, 0.3) is 5.91 Å². The van der Waals surface area contributed by atoms with Crippen molar-refractivity contribution in [1.82, 2.24) is 10.2 Å². The van der Waals surface area contributed by atoms with Crippen LogP contribution in [0.5, 0.6) is 5.75 Å². The van der Waals surface area contributed by atoms with Crippen molar-refractivity contribution in [2.75, 3.05) is 20.2 Å². The molecule has 112 valence electrons. The zero-order valence-corrected chi connectivity index (χ0v) is 14.3. The Morgan fingerprint density at radius 3 is 2.75 bits per heavy atom. The van der Waals surface area contributed by atoms with E-state index in [9.17, 15) is 4.79 Å². The number of halogens is 2. The number of hydrogen-bond acceptors (Lipinski definition) is 3. The Morgan fingerprint density at radius 2 is 2.15 bits per heavy atom. The Balaban J connectivity index is 0.00000200. The standard InChI is InChI=1S/C14H19BrN2O2.ClH/c1-9-8-17(10(2)7-16-9)14(18)11-4-5-13(19-3)12(15)6-11;/h4-6,9-10,16H,7-8H2,1-3H3;1H. The Morgan fingerprint density at radius 1 is 1.45 bits per heavy atom. The number of carbonyl (C=O) groups excluding carboxylic acids is 1. The third kappa shape index (κ3) is 3.65. The fraction of sp³-hybridized carbons (Fsp3) is 0.500. The highest BCUT2D eigenvalue weighted by Gasteiger charge is 2.27. The van der Waals surface area contributed by atoms with Gasteiger partial charge in [0.2, 0.25) is 0 Å². The lowest BCUT2D eigenvalue weighted by Gasteiger charge is -2.37. The minimum Gasteiger partial charge on any atom is -0.496 e. The first kappa shape index (κ1) is 17.3. The van der Waals surface area contributed by atoms with E-state index in [1.54, 1.807) is 7.11 Å². The van der Waals surface area contributed by atoms with Crippen LogP contribution in [0.2, 0.25) is 0 Å². The number of piperazine rings is 1. The molecule has 1 heterocycles. The number of hydrogen-bond donors (Lipinski definition) is 1. The summed E-state index contributed by atoms with van der Waals surface area (Å²) < 4.78 is 5.98. The molecule has 1 fully saturated rings. The molecule has 2 unspecified atom stereocenters. The fourth-order valence-electron chi connectivity index (χ4n) is 2.27. The molecule has 0 aliphatic carbocycles. The summed E-state index contributed by atoms with van der Waals surface area (Å²) >= 11 is 3.42. The van der Waals surface area contributed by atoms with E-state index >= 15 is 0 Å². The normalized spacial score (nSPS) is 22.1. The second kappa shape index (κ2) is 7.29. The molecule has 2 rings (SSSR count). The molecule has 0 bridgehead atoms. The van der Waals surface area contributed by atoms with Crippen LogP contribution < -0.4 is 10.1 Å². The molecule has 1 aromatic rings. The number of ether oxygens (including phenoxy) is 1. The zero-order valence-electron chi connectivity index (χ0n) is 11.9. The average molecular weight is 364 g/mol. The van der Waals surface area contributed by atoms with Gasteiger partial charge in [-0.1, -0.05) is 0 Å². The van der Waals surface area contributed by atoms with E-state index in [0.717, 1.165) is 23.3 Å². The van der Waals surface area contributed by atoms with Gasteiger partial charge in [0, 0.05) is 30.7 Å². The van der Waals surface area contributed by atoms with Crippen molar-refractivity contribution in [1.29, 1.82) is 0 Å². The van der Waals surface area contributed by atoms with Gasteiger partial charge in [-0.2, -0.15) is 0 Å². The third-order valence-electron chi connectivity index (χ3n) is 3.42. The first-order valence-electron chi connectivity index (χ1n) is 6.40. The van der Waals surface area contributed by atoms with Crippen LogP contribution in [0.4, 0.5) is 0 Å². The van der Waals surface area contributed by atoms with Crippen LogP contribution in [-0.4, -0.2) is 43.1 Å². The summed E-state index contributed by atoms with van der Waals surface area (Å²) in [6, 6.07) is 5.99. The zero-order chi connectivity index (χ0) is 14.0. The number of rotatable bonds is 2. The van der Waals surface area contributed by atoms with Crippen molar-refractivity contribution in [3.05, 3.63) is 28.2 Å². The van der Waals surface area contributed by atoms with Crippen molar-refractivity contribution in [2.45, 2.75) is 25.9 Å². The van der Waals surface area contributed by atoms with Crippen LogP contribution >= 0.6 is 28.3 Å². The number of methoxy groups -OCH3 is 1. The molecule has 1 aliphatic rings. The van der Waals surface area contributed by atoms with Gasteiger partial charge >= 0.3 is 0 Å². The van der Waals surface area contributed by atoms with Crippen LogP contribution in [0.1, 0.15) is 24.2 Å². The molecule has 0 saturated carbocycles. The number of carbonyl (C=O) groups is 1. The van der Waals surface area contributed by atoms with Crippen LogP contribution in [-0.2, 0) is 0 Å². The van der Waals surface area contributed by atoms with Gasteiger partial charge < -0.3 is 15.0 Å². The molecule has 0 spiro atoms. The smallest absolute Gasteiger partial charge is 0.254 e. The van der Waals surface area contributed by atoms with E-state index in [-0.39, 0.29) is 24.4 Å². The Hall–Kier alpha value is -0.780. The highest BCUT2D eigenvalue weighted by atomic mass is 79.9. The van der Waals surface area contributed by atoms with E-state index in [1.165, 1.54) is 0 Å². The number of nitrogens with one attached hydrogen (secondary N) is 1. The SMILES string of the molecule is COc1ccc(C(=O)N2CC(C)NCC2C)cc1Br.Cl. The lowest BCUT2D eigenvalue weighted by atomic mass is 10.1. The van der Waals surface area contributed by atoms with E-state index in [4.69, 9.17) is 4.74 Å². The molecule has 1 amide bonds. The molecule has 6 heteroatoms. The average Bonchev–Trinajstić information content (AvgIpc) is 2.40. The van der Waals surface area contributed by atoms with E-state index in [2.05, 4.69) is 35.1 Å². The number of amides is 1. The van der Waals surface area contributed by atoms with Crippen molar-refractivity contribution in [3.63, 3.8) is 0 Å². The van der Waals surface area contributed by atoms with Crippen molar-refractivity contribution in [3.8, 4) is 5.75 Å². The molecule has 1 aliphatic heterocycles. The summed E-state index contributed by atoms with van der Waals surface area (Å²) in [5.41, 5.74) is 0.689. The second-order valence-electron chi connectivity index (χ2n) is 4.97. The van der Waals surface area contributed by atoms with Gasteiger partial charge in [0.05, 0.1) is 11.6 Å². The minimum absolute atomic E-state index is 0. The summed E-state index contributed by atoms with van der Waals surface area (Å²) in [7, 11) is 1.61. The molecule has 4 nitrogen and oxygen atoms in total. The highest BCUT2D eigenvalue weighted by Crippen LogP contribution is 2.26.